The van der Waals surface area contributed by atoms with E-state index in [-0.39, 0.29) is 22.9 Å². The Labute approximate surface area is 222 Å². The number of fused-ring (bicyclic) bond motifs is 1. The molecule has 7 nitrogen and oxygen atoms in total. The first-order valence-electron chi connectivity index (χ1n) is 10.9. The predicted molar refractivity (Wildman–Crippen MR) is 137 cm³/mol. The van der Waals surface area contributed by atoms with Gasteiger partial charge in [-0.05, 0) is 46.6 Å². The third kappa shape index (κ3) is 5.37. The predicted octanol–water partition coefficient (Wildman–Crippen LogP) is 6.64. The van der Waals surface area contributed by atoms with Crippen LogP contribution in [0.1, 0.15) is 27.3 Å². The first kappa shape index (κ1) is 25.0. The fraction of sp³-hybridized carbons (Fsp3) is 0.120. The first-order chi connectivity index (χ1) is 17.6. The highest BCUT2D eigenvalue weighted by molar-refractivity contribution is 9.10. The molecule has 0 aliphatic carbocycles. The Hall–Kier alpha value is -3.70. The molecule has 37 heavy (non-hydrogen) atoms. The van der Waals surface area contributed by atoms with E-state index >= 15 is 0 Å². The van der Waals surface area contributed by atoms with E-state index in [1.54, 1.807) is 35.1 Å². The zero-order chi connectivity index (χ0) is 26.3. The minimum Gasteiger partial charge on any atom is -0.303 e. The van der Waals surface area contributed by atoms with Crippen molar-refractivity contribution in [1.82, 2.24) is 24.4 Å². The highest BCUT2D eigenvalue weighted by atomic mass is 79.9. The van der Waals surface area contributed by atoms with Crippen LogP contribution in [-0.2, 0) is 12.7 Å². The van der Waals surface area contributed by atoms with Gasteiger partial charge < -0.3 is 5.32 Å². The lowest BCUT2D eigenvalue weighted by atomic mass is 10.1. The number of benzene rings is 2. The Morgan fingerprint density at radius 2 is 1.76 bits per heavy atom. The molecule has 0 saturated carbocycles. The van der Waals surface area contributed by atoms with Gasteiger partial charge >= 0.3 is 6.18 Å². The lowest BCUT2D eigenvalue weighted by molar-refractivity contribution is -0.142. The molecule has 12 heteroatoms. The van der Waals surface area contributed by atoms with Crippen LogP contribution in [0, 0.1) is 6.92 Å². The number of amides is 1. The van der Waals surface area contributed by atoms with E-state index in [2.05, 4.69) is 36.4 Å². The van der Waals surface area contributed by atoms with Crippen molar-refractivity contribution in [2.45, 2.75) is 19.6 Å². The normalized spacial score (nSPS) is 11.7. The standard InChI is InChI=1S/C25H17BrClF3N6O/c1-14-2-4-15(5-3-14)12-35-13-18(26)23(34-35)32-24(37)20-11-22-31-19(16-6-8-17(27)9-7-16)10-21(25(28,29)30)36(22)33-20/h2-11,13H,12H2,1H3,(H,32,34,37). The van der Waals surface area contributed by atoms with Gasteiger partial charge in [-0.1, -0.05) is 53.6 Å². The number of nitrogens with one attached hydrogen (secondary N) is 1. The number of aromatic nitrogens is 5. The molecular formula is C25H17BrClF3N6O. The number of carbonyl (C=O) groups is 1. The highest BCUT2D eigenvalue weighted by Crippen LogP contribution is 2.33. The molecule has 188 valence electrons. The van der Waals surface area contributed by atoms with Crippen molar-refractivity contribution in [2.75, 3.05) is 5.32 Å². The largest absolute Gasteiger partial charge is 0.433 e. The number of nitrogens with zero attached hydrogens (tertiary/aromatic N) is 5. The van der Waals surface area contributed by atoms with Crippen molar-refractivity contribution >= 4 is 44.9 Å². The van der Waals surface area contributed by atoms with E-state index in [4.69, 9.17) is 11.6 Å². The number of hydrogen-bond acceptors (Lipinski definition) is 4. The summed E-state index contributed by atoms with van der Waals surface area (Å²) in [5.41, 5.74) is 1.22. The average Bonchev–Trinajstić information content (AvgIpc) is 3.43. The molecule has 5 rings (SSSR count). The molecule has 0 aliphatic rings. The molecule has 0 unspecified atom stereocenters. The first-order valence-corrected chi connectivity index (χ1v) is 12.1. The van der Waals surface area contributed by atoms with Crippen LogP contribution in [0.5, 0.6) is 0 Å². The van der Waals surface area contributed by atoms with Crippen LogP contribution in [0.4, 0.5) is 19.0 Å². The fourth-order valence-electron chi connectivity index (χ4n) is 3.67. The van der Waals surface area contributed by atoms with Crippen LogP contribution < -0.4 is 5.32 Å². The third-order valence-electron chi connectivity index (χ3n) is 5.50. The number of anilines is 1. The molecule has 1 amide bonds. The molecule has 0 radical (unpaired) electrons. The second kappa shape index (κ2) is 9.64. The second-order valence-electron chi connectivity index (χ2n) is 8.29. The maximum atomic E-state index is 13.9. The molecule has 5 aromatic rings. The van der Waals surface area contributed by atoms with Gasteiger partial charge in [0.05, 0.1) is 16.7 Å². The molecular weight excluding hydrogens is 573 g/mol. The SMILES string of the molecule is Cc1ccc(Cn2cc(Br)c(NC(=O)c3cc4nc(-c5ccc(Cl)cc5)cc(C(F)(F)F)n4n3)n2)cc1. The van der Waals surface area contributed by atoms with E-state index in [9.17, 15) is 18.0 Å². The van der Waals surface area contributed by atoms with Crippen LogP contribution >= 0.6 is 27.5 Å². The van der Waals surface area contributed by atoms with Crippen LogP contribution in [-0.4, -0.2) is 30.3 Å². The van der Waals surface area contributed by atoms with Gasteiger partial charge in [0.2, 0.25) is 0 Å². The van der Waals surface area contributed by atoms with Gasteiger partial charge in [0.1, 0.15) is 0 Å². The molecule has 0 saturated heterocycles. The van der Waals surface area contributed by atoms with Gasteiger partial charge in [0.15, 0.2) is 22.9 Å². The summed E-state index contributed by atoms with van der Waals surface area (Å²) in [4.78, 5) is 17.2. The van der Waals surface area contributed by atoms with Crippen molar-refractivity contribution in [3.05, 3.63) is 98.9 Å². The summed E-state index contributed by atoms with van der Waals surface area (Å²) >= 11 is 9.25. The number of alkyl halides is 3. The van der Waals surface area contributed by atoms with E-state index in [0.29, 0.717) is 26.1 Å². The number of hydrogen-bond donors (Lipinski definition) is 1. The van der Waals surface area contributed by atoms with Crippen LogP contribution in [0.15, 0.2) is 71.3 Å². The second-order valence-corrected chi connectivity index (χ2v) is 9.58. The van der Waals surface area contributed by atoms with Crippen molar-refractivity contribution in [3.8, 4) is 11.3 Å². The summed E-state index contributed by atoms with van der Waals surface area (Å²) in [6, 6.07) is 16.2. The van der Waals surface area contributed by atoms with Gasteiger partial charge in [0.25, 0.3) is 5.91 Å². The Morgan fingerprint density at radius 1 is 1.05 bits per heavy atom. The topological polar surface area (TPSA) is 77.1 Å². The summed E-state index contributed by atoms with van der Waals surface area (Å²) < 4.78 is 44.3. The van der Waals surface area contributed by atoms with E-state index in [1.165, 1.54) is 6.07 Å². The lowest BCUT2D eigenvalue weighted by Gasteiger charge is -2.11. The van der Waals surface area contributed by atoms with E-state index < -0.39 is 17.8 Å². The quantitative estimate of drug-likeness (QED) is 0.249. The zero-order valence-electron chi connectivity index (χ0n) is 19.1. The summed E-state index contributed by atoms with van der Waals surface area (Å²) in [5.74, 6) is -0.520. The summed E-state index contributed by atoms with van der Waals surface area (Å²) in [6.07, 6.45) is -3.04. The molecule has 2 aromatic carbocycles. The minimum atomic E-state index is -4.74. The summed E-state index contributed by atoms with van der Waals surface area (Å²) in [5, 5.41) is 11.3. The average molecular weight is 590 g/mol. The number of rotatable bonds is 5. The monoisotopic (exact) mass is 588 g/mol. The Kier molecular flexibility index (Phi) is 6.50. The smallest absolute Gasteiger partial charge is 0.303 e. The Balaban J connectivity index is 1.44. The van der Waals surface area contributed by atoms with Crippen LogP contribution in [0.25, 0.3) is 16.9 Å². The fourth-order valence-corrected chi connectivity index (χ4v) is 4.21. The van der Waals surface area contributed by atoms with Crippen LogP contribution in [0.3, 0.4) is 0 Å². The van der Waals surface area contributed by atoms with Crippen molar-refractivity contribution in [3.63, 3.8) is 0 Å². The van der Waals surface area contributed by atoms with E-state index in [0.717, 1.165) is 17.2 Å². The summed E-state index contributed by atoms with van der Waals surface area (Å²) in [6.45, 7) is 2.46. The molecule has 0 spiro atoms. The Bertz CT molecular complexity index is 1610. The third-order valence-corrected chi connectivity index (χ3v) is 6.34. The highest BCUT2D eigenvalue weighted by Gasteiger charge is 2.35. The number of halogens is 5. The molecule has 0 atom stereocenters. The van der Waals surface area contributed by atoms with Gasteiger partial charge in [0, 0.05) is 22.8 Å². The molecule has 3 aromatic heterocycles. The molecule has 0 fully saturated rings. The molecule has 3 heterocycles. The van der Waals surface area contributed by atoms with Gasteiger partial charge in [-0.25, -0.2) is 9.50 Å². The molecule has 0 bridgehead atoms. The van der Waals surface area contributed by atoms with Gasteiger partial charge in [-0.3, -0.25) is 9.48 Å². The van der Waals surface area contributed by atoms with Gasteiger partial charge in [-0.15, -0.1) is 0 Å². The number of aryl methyl sites for hydroxylation is 1. The summed E-state index contributed by atoms with van der Waals surface area (Å²) in [7, 11) is 0. The van der Waals surface area contributed by atoms with Crippen molar-refractivity contribution in [2.24, 2.45) is 0 Å². The van der Waals surface area contributed by atoms with E-state index in [1.807, 2.05) is 31.2 Å². The van der Waals surface area contributed by atoms with Crippen molar-refractivity contribution in [1.29, 1.82) is 0 Å². The zero-order valence-corrected chi connectivity index (χ0v) is 21.4. The number of carbonyl (C=O) groups excluding carboxylic acids is 1. The molecule has 0 aliphatic heterocycles. The van der Waals surface area contributed by atoms with Crippen LogP contribution in [0.2, 0.25) is 5.02 Å². The molecule has 1 N–H and O–H groups in total. The van der Waals surface area contributed by atoms with Gasteiger partial charge in [-0.2, -0.15) is 23.4 Å². The lowest BCUT2D eigenvalue weighted by Crippen LogP contribution is -2.16. The maximum absolute atomic E-state index is 13.9. The minimum absolute atomic E-state index is 0.0703. The maximum Gasteiger partial charge on any atom is 0.433 e. The van der Waals surface area contributed by atoms with Crippen molar-refractivity contribution < 1.29 is 18.0 Å². The Morgan fingerprint density at radius 3 is 2.43 bits per heavy atom.